The zero-order chi connectivity index (χ0) is 12.3. The topological polar surface area (TPSA) is 20.2 Å². The fourth-order valence-electron chi connectivity index (χ4n) is 1.40. The van der Waals surface area contributed by atoms with Crippen molar-refractivity contribution in [2.75, 3.05) is 0 Å². The van der Waals surface area contributed by atoms with Crippen LogP contribution in [0.3, 0.4) is 0 Å². The van der Waals surface area contributed by atoms with E-state index in [-0.39, 0.29) is 12.0 Å². The Kier molecular flexibility index (Phi) is 3.61. The quantitative estimate of drug-likeness (QED) is 0.771. The van der Waals surface area contributed by atoms with Gasteiger partial charge in [-0.15, -0.1) is 12.3 Å². The number of hydrogen-bond acceptors (Lipinski definition) is 1. The second-order valence-electron chi connectivity index (χ2n) is 3.55. The highest BCUT2D eigenvalue weighted by molar-refractivity contribution is 5.32. The van der Waals surface area contributed by atoms with Crippen LogP contribution in [0.15, 0.2) is 18.2 Å². The molecule has 0 heterocycles. The van der Waals surface area contributed by atoms with Crippen molar-refractivity contribution in [2.24, 2.45) is 0 Å². The number of hydrogen-bond donors (Lipinski definition) is 1. The highest BCUT2D eigenvalue weighted by Gasteiger charge is 2.31. The fourth-order valence-corrected chi connectivity index (χ4v) is 1.40. The molecule has 0 amide bonds. The average Bonchev–Trinajstić information content (AvgIpc) is 2.16. The van der Waals surface area contributed by atoms with E-state index in [9.17, 15) is 18.3 Å². The minimum atomic E-state index is -4.41. The highest BCUT2D eigenvalue weighted by atomic mass is 19.4. The molecule has 1 aromatic rings. The Morgan fingerprint density at radius 1 is 1.38 bits per heavy atom. The normalized spacial score (nSPS) is 13.2. The van der Waals surface area contributed by atoms with Gasteiger partial charge in [0.05, 0.1) is 11.7 Å². The summed E-state index contributed by atoms with van der Waals surface area (Å²) in [5.41, 5.74) is -0.121. The van der Waals surface area contributed by atoms with Crippen LogP contribution in [0.4, 0.5) is 13.2 Å². The van der Waals surface area contributed by atoms with E-state index >= 15 is 0 Å². The Labute approximate surface area is 91.9 Å². The summed E-state index contributed by atoms with van der Waals surface area (Å²) in [6.07, 6.45) is -0.459. The van der Waals surface area contributed by atoms with Crippen LogP contribution in [-0.2, 0) is 6.18 Å². The maximum absolute atomic E-state index is 12.5. The molecule has 0 aliphatic heterocycles. The molecule has 0 spiro atoms. The van der Waals surface area contributed by atoms with Crippen LogP contribution in [-0.4, -0.2) is 5.11 Å². The molecule has 0 saturated carbocycles. The monoisotopic (exact) mass is 228 g/mol. The lowest BCUT2D eigenvalue weighted by atomic mass is 10.0. The third-order valence-corrected chi connectivity index (χ3v) is 2.12. The molecule has 0 radical (unpaired) electrons. The largest absolute Gasteiger partial charge is 0.416 e. The number of terminal acetylenes is 1. The first-order chi connectivity index (χ1) is 7.34. The first-order valence-electron chi connectivity index (χ1n) is 4.65. The molecular formula is C12H11F3O. The lowest BCUT2D eigenvalue weighted by Gasteiger charge is -2.13. The molecule has 0 bridgehead atoms. The van der Waals surface area contributed by atoms with E-state index in [1.54, 1.807) is 6.92 Å². The highest BCUT2D eigenvalue weighted by Crippen LogP contribution is 2.32. The zero-order valence-electron chi connectivity index (χ0n) is 8.67. The number of aliphatic hydroxyl groups excluding tert-OH is 1. The van der Waals surface area contributed by atoms with Gasteiger partial charge in [0.2, 0.25) is 0 Å². The predicted molar refractivity (Wildman–Crippen MR) is 54.6 cm³/mol. The summed E-state index contributed by atoms with van der Waals surface area (Å²) in [7, 11) is 0. The average molecular weight is 228 g/mol. The van der Waals surface area contributed by atoms with Crippen molar-refractivity contribution < 1.29 is 18.3 Å². The van der Waals surface area contributed by atoms with Gasteiger partial charge in [0, 0.05) is 6.42 Å². The Balaban J connectivity index is 3.14. The van der Waals surface area contributed by atoms with Crippen LogP contribution in [0.1, 0.15) is 29.2 Å². The van der Waals surface area contributed by atoms with E-state index in [2.05, 4.69) is 5.92 Å². The van der Waals surface area contributed by atoms with Gasteiger partial charge >= 0.3 is 6.18 Å². The fraction of sp³-hybridized carbons (Fsp3) is 0.333. The van der Waals surface area contributed by atoms with E-state index in [4.69, 9.17) is 6.42 Å². The number of alkyl halides is 3. The number of aryl methyl sites for hydroxylation is 1. The van der Waals surface area contributed by atoms with Crippen molar-refractivity contribution in [3.05, 3.63) is 34.9 Å². The van der Waals surface area contributed by atoms with Crippen LogP contribution in [0.2, 0.25) is 0 Å². The van der Waals surface area contributed by atoms with E-state index in [1.807, 2.05) is 0 Å². The van der Waals surface area contributed by atoms with Gasteiger partial charge < -0.3 is 5.11 Å². The Morgan fingerprint density at radius 2 is 2.00 bits per heavy atom. The molecule has 0 saturated heterocycles. The maximum atomic E-state index is 12.5. The van der Waals surface area contributed by atoms with Crippen molar-refractivity contribution >= 4 is 0 Å². The minimum absolute atomic E-state index is 0.000745. The summed E-state index contributed by atoms with van der Waals surface area (Å²) in [5.74, 6) is 2.21. The van der Waals surface area contributed by atoms with Crippen molar-refractivity contribution in [1.29, 1.82) is 0 Å². The molecule has 0 fully saturated rings. The summed E-state index contributed by atoms with van der Waals surface area (Å²) >= 11 is 0. The summed E-state index contributed by atoms with van der Waals surface area (Å²) in [4.78, 5) is 0. The van der Waals surface area contributed by atoms with E-state index in [0.717, 1.165) is 12.1 Å². The second-order valence-corrected chi connectivity index (χ2v) is 3.55. The molecule has 1 aromatic carbocycles. The molecule has 1 N–H and O–H groups in total. The molecule has 16 heavy (non-hydrogen) atoms. The molecule has 1 rings (SSSR count). The minimum Gasteiger partial charge on any atom is -0.387 e. The van der Waals surface area contributed by atoms with Crippen LogP contribution < -0.4 is 0 Å². The van der Waals surface area contributed by atoms with Crippen LogP contribution >= 0.6 is 0 Å². The number of halogens is 3. The van der Waals surface area contributed by atoms with Crippen LogP contribution in [0, 0.1) is 19.3 Å². The predicted octanol–water partition coefficient (Wildman–Crippen LogP) is 3.07. The molecule has 1 unspecified atom stereocenters. The molecule has 1 nitrogen and oxygen atoms in total. The van der Waals surface area contributed by atoms with E-state index < -0.39 is 17.8 Å². The lowest BCUT2D eigenvalue weighted by molar-refractivity contribution is -0.137. The van der Waals surface area contributed by atoms with E-state index in [1.165, 1.54) is 6.07 Å². The third-order valence-electron chi connectivity index (χ3n) is 2.12. The number of aliphatic hydroxyl groups is 1. The summed E-state index contributed by atoms with van der Waals surface area (Å²) in [5, 5.41) is 9.53. The smallest absolute Gasteiger partial charge is 0.387 e. The number of benzene rings is 1. The molecule has 1 atom stereocenters. The molecule has 0 aliphatic rings. The van der Waals surface area contributed by atoms with Gasteiger partial charge in [-0.3, -0.25) is 0 Å². The molecule has 86 valence electrons. The van der Waals surface area contributed by atoms with Gasteiger partial charge in [-0.05, 0) is 24.6 Å². The van der Waals surface area contributed by atoms with Crippen LogP contribution in [0.25, 0.3) is 0 Å². The summed E-state index contributed by atoms with van der Waals surface area (Å²) in [6, 6.07) is 3.46. The molecule has 4 heteroatoms. The summed E-state index contributed by atoms with van der Waals surface area (Å²) < 4.78 is 37.4. The van der Waals surface area contributed by atoms with Crippen molar-refractivity contribution in [3.63, 3.8) is 0 Å². The lowest BCUT2D eigenvalue weighted by Crippen LogP contribution is -2.07. The van der Waals surface area contributed by atoms with Gasteiger partial charge in [-0.2, -0.15) is 13.2 Å². The number of rotatable bonds is 2. The standard InChI is InChI=1S/C12H11F3O/c1-3-4-11(16)9-5-8(2)6-10(7-9)12(13,14)15/h1,5-7,11,16H,4H2,2H3. The van der Waals surface area contributed by atoms with Crippen molar-refractivity contribution in [2.45, 2.75) is 25.6 Å². The third kappa shape index (κ3) is 3.01. The maximum Gasteiger partial charge on any atom is 0.416 e. The van der Waals surface area contributed by atoms with Crippen molar-refractivity contribution in [3.8, 4) is 12.3 Å². The van der Waals surface area contributed by atoms with Gasteiger partial charge in [0.15, 0.2) is 0 Å². The molecule has 0 aliphatic carbocycles. The SMILES string of the molecule is C#CCC(O)c1cc(C)cc(C(F)(F)F)c1. The van der Waals surface area contributed by atoms with Gasteiger partial charge in [0.1, 0.15) is 0 Å². The van der Waals surface area contributed by atoms with E-state index in [0.29, 0.717) is 5.56 Å². The van der Waals surface area contributed by atoms with Crippen LogP contribution in [0.5, 0.6) is 0 Å². The van der Waals surface area contributed by atoms with Gasteiger partial charge in [-0.1, -0.05) is 11.6 Å². The summed E-state index contributed by atoms with van der Waals surface area (Å²) in [6.45, 7) is 1.54. The first-order valence-corrected chi connectivity index (χ1v) is 4.65. The van der Waals surface area contributed by atoms with Gasteiger partial charge in [0.25, 0.3) is 0 Å². The Morgan fingerprint density at radius 3 is 2.50 bits per heavy atom. The Hall–Kier alpha value is -1.47. The molecule has 0 aromatic heterocycles. The second kappa shape index (κ2) is 4.58. The first kappa shape index (κ1) is 12.6. The molecular weight excluding hydrogens is 217 g/mol. The van der Waals surface area contributed by atoms with Gasteiger partial charge in [-0.25, -0.2) is 0 Å². The van der Waals surface area contributed by atoms with Crippen molar-refractivity contribution in [1.82, 2.24) is 0 Å². The Bertz CT molecular complexity index is 415. The zero-order valence-corrected chi connectivity index (χ0v) is 8.67.